The van der Waals surface area contributed by atoms with E-state index in [9.17, 15) is 52.7 Å². The Bertz CT molecular complexity index is 312. The van der Waals surface area contributed by atoms with E-state index in [0.29, 0.717) is 0 Å². The number of hydrogen-bond donors (Lipinski definition) is 0. The van der Waals surface area contributed by atoms with Crippen molar-refractivity contribution in [2.45, 2.75) is 38.6 Å². The van der Waals surface area contributed by atoms with Crippen LogP contribution >= 0.6 is 0 Å². The Balaban J connectivity index is 6.83. The Hall–Kier alpha value is -0.840. The predicted octanol–water partition coefficient (Wildman–Crippen LogP) is 5.25. The molecule has 0 aliphatic heterocycles. The first-order valence-electron chi connectivity index (χ1n) is 4.52. The molecular weight excluding hydrogens is 324 g/mol. The molecule has 0 fully saturated rings. The molecule has 12 heteroatoms. The van der Waals surface area contributed by atoms with Crippen LogP contribution in [0.3, 0.4) is 0 Å². The van der Waals surface area contributed by atoms with Crippen molar-refractivity contribution in [2.24, 2.45) is 10.8 Å². The van der Waals surface area contributed by atoms with Crippen LogP contribution in [-0.4, -0.2) is 24.7 Å². The molecule has 0 aliphatic rings. The third-order valence-electron chi connectivity index (χ3n) is 2.92. The van der Waals surface area contributed by atoms with Gasteiger partial charge in [0.05, 0.1) is 5.41 Å². The molecule has 0 aromatic rings. The predicted molar refractivity (Wildman–Crippen MR) is 40.4 cm³/mol. The molecule has 0 heterocycles. The van der Waals surface area contributed by atoms with Crippen LogP contribution in [0.4, 0.5) is 52.7 Å². The lowest BCUT2D eigenvalue weighted by Crippen LogP contribution is -2.70. The minimum Gasteiger partial charge on any atom is -0.170 e. The molecule has 0 aliphatic carbocycles. The number of alkyl halides is 12. The summed E-state index contributed by atoms with van der Waals surface area (Å²) in [5.41, 5.74) is -12.1. The van der Waals surface area contributed by atoms with Gasteiger partial charge in [-0.1, -0.05) is 0 Å². The standard InChI is InChI=1S/C8H6F12/c1-3(2,5(9,10)11)4(6(12,13)14,7(15,16)17)8(18,19)20/h1-2H3. The zero-order chi connectivity index (χ0) is 17.0. The van der Waals surface area contributed by atoms with Gasteiger partial charge in [-0.2, -0.15) is 52.7 Å². The summed E-state index contributed by atoms with van der Waals surface area (Å²) < 4.78 is 149. The summed E-state index contributed by atoms with van der Waals surface area (Å²) in [7, 11) is 0. The molecule has 0 radical (unpaired) electrons. The van der Waals surface area contributed by atoms with E-state index in [4.69, 9.17) is 0 Å². The maximum Gasteiger partial charge on any atom is 0.412 e. The fourth-order valence-electron chi connectivity index (χ4n) is 1.76. The highest BCUT2D eigenvalue weighted by molar-refractivity contribution is 5.10. The van der Waals surface area contributed by atoms with Gasteiger partial charge < -0.3 is 0 Å². The number of halogens is 12. The largest absolute Gasteiger partial charge is 0.412 e. The van der Waals surface area contributed by atoms with Gasteiger partial charge in [0.15, 0.2) is 0 Å². The van der Waals surface area contributed by atoms with E-state index in [2.05, 4.69) is 0 Å². The maximum atomic E-state index is 12.5. The summed E-state index contributed by atoms with van der Waals surface area (Å²) >= 11 is 0. The zero-order valence-electron chi connectivity index (χ0n) is 9.54. The van der Waals surface area contributed by atoms with Crippen LogP contribution in [0.1, 0.15) is 13.8 Å². The summed E-state index contributed by atoms with van der Waals surface area (Å²) in [5, 5.41) is 0. The van der Waals surface area contributed by atoms with E-state index < -0.39 is 49.4 Å². The summed E-state index contributed by atoms with van der Waals surface area (Å²) in [6, 6.07) is 0. The average Bonchev–Trinajstić information content (AvgIpc) is 1.89. The first kappa shape index (κ1) is 19.2. The number of rotatable bonds is 1. The van der Waals surface area contributed by atoms with Gasteiger partial charge in [0.25, 0.3) is 5.41 Å². The van der Waals surface area contributed by atoms with E-state index in [-0.39, 0.29) is 0 Å². The van der Waals surface area contributed by atoms with Crippen molar-refractivity contribution in [3.8, 4) is 0 Å². The number of hydrogen-bond acceptors (Lipinski definition) is 0. The highest BCUT2D eigenvalue weighted by Gasteiger charge is 2.92. The van der Waals surface area contributed by atoms with Crippen molar-refractivity contribution in [3.05, 3.63) is 0 Å². The van der Waals surface area contributed by atoms with E-state index in [1.807, 2.05) is 0 Å². The normalized spacial score (nSPS) is 16.5. The van der Waals surface area contributed by atoms with E-state index in [1.54, 1.807) is 0 Å². The van der Waals surface area contributed by atoms with Crippen molar-refractivity contribution in [3.63, 3.8) is 0 Å². The highest BCUT2D eigenvalue weighted by atomic mass is 19.4. The fourth-order valence-corrected chi connectivity index (χ4v) is 1.76. The molecule has 0 aromatic heterocycles. The van der Waals surface area contributed by atoms with E-state index in [0.717, 1.165) is 0 Å². The van der Waals surface area contributed by atoms with Crippen LogP contribution in [0, 0.1) is 10.8 Å². The highest BCUT2D eigenvalue weighted by Crippen LogP contribution is 2.70. The smallest absolute Gasteiger partial charge is 0.170 e. The molecule has 20 heavy (non-hydrogen) atoms. The lowest BCUT2D eigenvalue weighted by molar-refractivity contribution is -0.483. The molecule has 0 aromatic carbocycles. The van der Waals surface area contributed by atoms with E-state index in [1.165, 1.54) is 0 Å². The second-order valence-corrected chi connectivity index (χ2v) is 4.37. The molecule has 0 unspecified atom stereocenters. The Labute approximate surface area is 103 Å². The van der Waals surface area contributed by atoms with Crippen LogP contribution in [-0.2, 0) is 0 Å². The fraction of sp³-hybridized carbons (Fsp3) is 1.00. The first-order chi connectivity index (χ1) is 8.25. The van der Waals surface area contributed by atoms with Crippen molar-refractivity contribution < 1.29 is 52.7 Å². The third-order valence-corrected chi connectivity index (χ3v) is 2.92. The lowest BCUT2D eigenvalue weighted by atomic mass is 9.62. The van der Waals surface area contributed by atoms with Crippen molar-refractivity contribution in [2.75, 3.05) is 0 Å². The summed E-state index contributed by atoms with van der Waals surface area (Å²) in [6.07, 6.45) is -28.2. The topological polar surface area (TPSA) is 0 Å². The molecule has 122 valence electrons. The second-order valence-electron chi connectivity index (χ2n) is 4.37. The van der Waals surface area contributed by atoms with Crippen molar-refractivity contribution in [1.82, 2.24) is 0 Å². The van der Waals surface area contributed by atoms with Gasteiger partial charge in [0.1, 0.15) is 0 Å². The van der Waals surface area contributed by atoms with Crippen molar-refractivity contribution in [1.29, 1.82) is 0 Å². The minimum absolute atomic E-state index is 0.790. The molecule has 0 N–H and O–H groups in total. The van der Waals surface area contributed by atoms with Gasteiger partial charge in [-0.25, -0.2) is 0 Å². The molecule has 0 bridgehead atoms. The quantitative estimate of drug-likeness (QED) is 0.576. The van der Waals surface area contributed by atoms with Crippen LogP contribution in [0.5, 0.6) is 0 Å². The molecule has 0 nitrogen and oxygen atoms in total. The molecule has 0 saturated carbocycles. The molecule has 0 atom stereocenters. The van der Waals surface area contributed by atoms with Crippen LogP contribution < -0.4 is 0 Å². The lowest BCUT2D eigenvalue weighted by Gasteiger charge is -2.48. The van der Waals surface area contributed by atoms with Gasteiger partial charge in [0.2, 0.25) is 0 Å². The zero-order valence-corrected chi connectivity index (χ0v) is 9.54. The van der Waals surface area contributed by atoms with Crippen LogP contribution in [0.25, 0.3) is 0 Å². The van der Waals surface area contributed by atoms with Gasteiger partial charge in [-0.3, -0.25) is 0 Å². The molecule has 0 spiro atoms. The average molecular weight is 330 g/mol. The van der Waals surface area contributed by atoms with Gasteiger partial charge in [-0.05, 0) is 13.8 Å². The molecular formula is C8H6F12. The Kier molecular flexibility index (Phi) is 4.14. The summed E-state index contributed by atoms with van der Waals surface area (Å²) in [6.45, 7) is -1.58. The van der Waals surface area contributed by atoms with Gasteiger partial charge in [-0.15, -0.1) is 0 Å². The van der Waals surface area contributed by atoms with Gasteiger partial charge in [0, 0.05) is 0 Å². The summed E-state index contributed by atoms with van der Waals surface area (Å²) in [4.78, 5) is 0. The van der Waals surface area contributed by atoms with Crippen LogP contribution in [0.15, 0.2) is 0 Å². The maximum absolute atomic E-state index is 12.5. The Morgan fingerprint density at radius 3 is 0.650 bits per heavy atom. The molecule has 0 amide bonds. The second kappa shape index (κ2) is 4.33. The van der Waals surface area contributed by atoms with Gasteiger partial charge >= 0.3 is 24.7 Å². The molecule has 0 saturated heterocycles. The Morgan fingerprint density at radius 1 is 0.400 bits per heavy atom. The summed E-state index contributed by atoms with van der Waals surface area (Å²) in [5.74, 6) is 0. The van der Waals surface area contributed by atoms with Crippen molar-refractivity contribution >= 4 is 0 Å². The SMILES string of the molecule is CC(C)(C(F)(F)F)C(C(F)(F)F)(C(F)(F)F)C(F)(F)F. The Morgan fingerprint density at radius 2 is 0.600 bits per heavy atom. The van der Waals surface area contributed by atoms with Crippen LogP contribution in [0.2, 0.25) is 0 Å². The third kappa shape index (κ3) is 2.30. The molecule has 0 rings (SSSR count). The van der Waals surface area contributed by atoms with E-state index >= 15 is 0 Å². The minimum atomic E-state index is -7.25. The first-order valence-corrected chi connectivity index (χ1v) is 4.52. The monoisotopic (exact) mass is 330 g/mol.